The van der Waals surface area contributed by atoms with Gasteiger partial charge in [0.2, 0.25) is 0 Å². The van der Waals surface area contributed by atoms with E-state index in [4.69, 9.17) is 5.26 Å². The summed E-state index contributed by atoms with van der Waals surface area (Å²) in [6.45, 7) is 2.27. The Morgan fingerprint density at radius 2 is 2.06 bits per heavy atom. The lowest BCUT2D eigenvalue weighted by atomic mass is 9.66. The minimum absolute atomic E-state index is 0.103. The van der Waals surface area contributed by atoms with Crippen LogP contribution in [0, 0.1) is 16.7 Å². The third-order valence-corrected chi connectivity index (χ3v) is 4.04. The summed E-state index contributed by atoms with van der Waals surface area (Å²) in [5.74, 6) is 0.438. The maximum Gasteiger partial charge on any atom is 0.0622 e. The van der Waals surface area contributed by atoms with Crippen LogP contribution >= 0.6 is 0 Å². The van der Waals surface area contributed by atoms with E-state index in [1.165, 1.54) is 5.56 Å². The number of rotatable bonds is 4. The first-order valence-corrected chi connectivity index (χ1v) is 6.55. The topological polar surface area (TPSA) is 23.8 Å². The molecule has 92 valence electrons. The molecule has 0 heterocycles. The molecule has 1 aromatic rings. The van der Waals surface area contributed by atoms with Gasteiger partial charge in [-0.05, 0) is 29.7 Å². The molecule has 0 saturated carbocycles. The highest BCUT2D eigenvalue weighted by molar-refractivity contribution is 5.28. The van der Waals surface area contributed by atoms with Gasteiger partial charge in [-0.2, -0.15) is 5.26 Å². The van der Waals surface area contributed by atoms with Gasteiger partial charge in [0.15, 0.2) is 0 Å². The molecule has 1 heteroatoms. The second-order valence-corrected chi connectivity index (χ2v) is 5.02. The summed E-state index contributed by atoms with van der Waals surface area (Å²) in [4.78, 5) is 0. The lowest BCUT2D eigenvalue weighted by Crippen LogP contribution is -2.26. The van der Waals surface area contributed by atoms with E-state index in [1.54, 1.807) is 0 Å². The molecular formula is C17H19N. The van der Waals surface area contributed by atoms with Crippen molar-refractivity contribution < 1.29 is 0 Å². The summed E-state index contributed by atoms with van der Waals surface area (Å²) in [6.07, 6.45) is 11.3. The Labute approximate surface area is 109 Å². The Balaban J connectivity index is 2.27. The maximum absolute atomic E-state index is 8.87. The molecule has 0 saturated heterocycles. The molecule has 1 aliphatic rings. The van der Waals surface area contributed by atoms with Crippen LogP contribution < -0.4 is 0 Å². The highest BCUT2D eigenvalue weighted by Crippen LogP contribution is 2.45. The van der Waals surface area contributed by atoms with Crippen molar-refractivity contribution in [2.45, 2.75) is 32.1 Å². The van der Waals surface area contributed by atoms with Crippen LogP contribution in [0.15, 0.2) is 54.6 Å². The average molecular weight is 237 g/mol. The summed E-state index contributed by atoms with van der Waals surface area (Å²) >= 11 is 0. The van der Waals surface area contributed by atoms with Crippen molar-refractivity contribution >= 4 is 0 Å². The van der Waals surface area contributed by atoms with Crippen molar-refractivity contribution in [1.29, 1.82) is 5.26 Å². The van der Waals surface area contributed by atoms with E-state index in [9.17, 15) is 0 Å². The number of nitrogens with zero attached hydrogens (tertiary/aromatic N) is 1. The highest BCUT2D eigenvalue weighted by Gasteiger charge is 2.33. The lowest BCUT2D eigenvalue weighted by Gasteiger charge is -2.37. The maximum atomic E-state index is 8.87. The fourth-order valence-electron chi connectivity index (χ4n) is 2.77. The Bertz CT molecular complexity index is 478. The van der Waals surface area contributed by atoms with E-state index < -0.39 is 0 Å². The van der Waals surface area contributed by atoms with Gasteiger partial charge in [0.05, 0.1) is 6.07 Å². The molecule has 2 rings (SSSR count). The second kappa shape index (κ2) is 5.69. The van der Waals surface area contributed by atoms with Crippen molar-refractivity contribution in [3.05, 3.63) is 60.2 Å². The Morgan fingerprint density at radius 1 is 1.28 bits per heavy atom. The predicted octanol–water partition coefficient (Wildman–Crippen LogP) is 4.60. The third-order valence-electron chi connectivity index (χ3n) is 4.04. The molecule has 0 aliphatic heterocycles. The van der Waals surface area contributed by atoms with E-state index in [0.717, 1.165) is 12.8 Å². The molecule has 1 aromatic carbocycles. The fourth-order valence-corrected chi connectivity index (χ4v) is 2.77. The predicted molar refractivity (Wildman–Crippen MR) is 75.0 cm³/mol. The van der Waals surface area contributed by atoms with Crippen molar-refractivity contribution in [2.75, 3.05) is 0 Å². The van der Waals surface area contributed by atoms with Gasteiger partial charge in [-0.1, -0.05) is 61.6 Å². The molecule has 2 unspecified atom stereocenters. The molecule has 0 radical (unpaired) electrons. The number of benzene rings is 1. The second-order valence-electron chi connectivity index (χ2n) is 5.02. The quantitative estimate of drug-likeness (QED) is 0.751. The summed E-state index contributed by atoms with van der Waals surface area (Å²) in [5.41, 5.74) is 1.46. The standard InChI is InChI=1S/C17H19N/c1-15(16-9-4-2-5-10-16)17(13-8-14-18)11-6-3-7-12-17/h2-7,9-11,15H,8,12-13H2,1H3. The molecule has 0 N–H and O–H groups in total. The van der Waals surface area contributed by atoms with Gasteiger partial charge >= 0.3 is 0 Å². The first-order chi connectivity index (χ1) is 8.78. The minimum atomic E-state index is 0.103. The van der Waals surface area contributed by atoms with Crippen LogP contribution in [-0.2, 0) is 0 Å². The van der Waals surface area contributed by atoms with E-state index in [0.29, 0.717) is 12.3 Å². The summed E-state index contributed by atoms with van der Waals surface area (Å²) in [6, 6.07) is 12.9. The molecule has 1 aliphatic carbocycles. The molecular weight excluding hydrogens is 218 g/mol. The van der Waals surface area contributed by atoms with Crippen molar-refractivity contribution in [2.24, 2.45) is 5.41 Å². The van der Waals surface area contributed by atoms with Crippen molar-refractivity contribution in [3.8, 4) is 6.07 Å². The molecule has 0 aromatic heterocycles. The van der Waals surface area contributed by atoms with Gasteiger partial charge < -0.3 is 0 Å². The third kappa shape index (κ3) is 2.54. The normalized spacial score (nSPS) is 23.6. The number of hydrogen-bond donors (Lipinski definition) is 0. The average Bonchev–Trinajstić information content (AvgIpc) is 2.46. The summed E-state index contributed by atoms with van der Waals surface area (Å²) in [7, 11) is 0. The highest BCUT2D eigenvalue weighted by atomic mass is 14.4. The van der Waals surface area contributed by atoms with Crippen molar-refractivity contribution in [3.63, 3.8) is 0 Å². The number of allylic oxidation sites excluding steroid dienone is 4. The van der Waals surface area contributed by atoms with Crippen LogP contribution in [0.25, 0.3) is 0 Å². The van der Waals surface area contributed by atoms with E-state index >= 15 is 0 Å². The smallest absolute Gasteiger partial charge is 0.0622 e. The molecule has 0 bridgehead atoms. The first kappa shape index (κ1) is 12.6. The Morgan fingerprint density at radius 3 is 2.67 bits per heavy atom. The first-order valence-electron chi connectivity index (χ1n) is 6.55. The van der Waals surface area contributed by atoms with E-state index in [1.807, 2.05) is 0 Å². The van der Waals surface area contributed by atoms with Gasteiger partial charge in [0.1, 0.15) is 0 Å². The molecule has 2 atom stereocenters. The van der Waals surface area contributed by atoms with Gasteiger partial charge in [-0.3, -0.25) is 0 Å². The number of hydrogen-bond acceptors (Lipinski definition) is 1. The van der Waals surface area contributed by atoms with Crippen LogP contribution in [-0.4, -0.2) is 0 Å². The van der Waals surface area contributed by atoms with Crippen LogP contribution in [0.2, 0.25) is 0 Å². The molecule has 0 amide bonds. The zero-order valence-corrected chi connectivity index (χ0v) is 10.8. The zero-order chi connectivity index (χ0) is 12.8. The van der Waals surface area contributed by atoms with Gasteiger partial charge in [0.25, 0.3) is 0 Å². The summed E-state index contributed by atoms with van der Waals surface area (Å²) < 4.78 is 0. The lowest BCUT2D eigenvalue weighted by molar-refractivity contribution is 0.295. The van der Waals surface area contributed by atoms with E-state index in [-0.39, 0.29) is 5.41 Å². The van der Waals surface area contributed by atoms with E-state index in [2.05, 4.69) is 67.6 Å². The van der Waals surface area contributed by atoms with Crippen LogP contribution in [0.3, 0.4) is 0 Å². The molecule has 1 nitrogen and oxygen atoms in total. The van der Waals surface area contributed by atoms with Crippen LogP contribution in [0.5, 0.6) is 0 Å². The van der Waals surface area contributed by atoms with Gasteiger partial charge in [0, 0.05) is 6.42 Å². The molecule has 0 fully saturated rings. The molecule has 18 heavy (non-hydrogen) atoms. The summed E-state index contributed by atoms with van der Waals surface area (Å²) in [5, 5.41) is 8.87. The number of nitriles is 1. The minimum Gasteiger partial charge on any atom is -0.198 e. The van der Waals surface area contributed by atoms with Crippen LogP contribution in [0.1, 0.15) is 37.7 Å². The monoisotopic (exact) mass is 237 g/mol. The Hall–Kier alpha value is -1.81. The van der Waals surface area contributed by atoms with Crippen molar-refractivity contribution in [1.82, 2.24) is 0 Å². The van der Waals surface area contributed by atoms with Gasteiger partial charge in [-0.25, -0.2) is 0 Å². The Kier molecular flexibility index (Phi) is 3.99. The fraction of sp³-hybridized carbons (Fsp3) is 0.353. The molecule has 0 spiro atoms. The SMILES string of the molecule is CC(c1ccccc1)C1(CCC#N)C=CC=CC1. The largest absolute Gasteiger partial charge is 0.198 e. The van der Waals surface area contributed by atoms with Gasteiger partial charge in [-0.15, -0.1) is 0 Å². The zero-order valence-electron chi connectivity index (χ0n) is 10.8. The van der Waals surface area contributed by atoms with Crippen LogP contribution in [0.4, 0.5) is 0 Å².